The van der Waals surface area contributed by atoms with E-state index < -0.39 is 11.6 Å². The molecule has 0 saturated carbocycles. The van der Waals surface area contributed by atoms with Crippen LogP contribution in [-0.4, -0.2) is 18.2 Å². The highest BCUT2D eigenvalue weighted by atomic mass is 32.2. The Morgan fingerprint density at radius 3 is 2.18 bits per heavy atom. The minimum atomic E-state index is -0.932. The third kappa shape index (κ3) is 3.79. The Morgan fingerprint density at radius 2 is 1.64 bits per heavy atom. The van der Waals surface area contributed by atoms with Gasteiger partial charge in [-0.25, -0.2) is 4.79 Å². The number of terminal acetylenes is 1. The molecule has 0 bridgehead atoms. The van der Waals surface area contributed by atoms with Crippen molar-refractivity contribution < 1.29 is 14.3 Å². The van der Waals surface area contributed by atoms with Gasteiger partial charge in [0, 0.05) is 39.8 Å². The lowest BCUT2D eigenvalue weighted by Gasteiger charge is -2.21. The first kappa shape index (κ1) is 21.3. The summed E-state index contributed by atoms with van der Waals surface area (Å²) in [6, 6.07) is 21.6. The van der Waals surface area contributed by atoms with Gasteiger partial charge < -0.3 is 9.47 Å². The summed E-state index contributed by atoms with van der Waals surface area (Å²) in [4.78, 5) is 13.7. The molecule has 0 amide bonds. The molecule has 0 saturated heterocycles. The lowest BCUT2D eigenvalue weighted by molar-refractivity contribution is -0.153. The van der Waals surface area contributed by atoms with Crippen LogP contribution in [0.5, 0.6) is 5.75 Å². The molecule has 0 fully saturated rings. The number of ether oxygens (including phenoxy) is 2. The first-order valence-electron chi connectivity index (χ1n) is 11.1. The maximum absolute atomic E-state index is 12.4. The zero-order chi connectivity index (χ0) is 23.0. The predicted octanol–water partition coefficient (Wildman–Crippen LogP) is 6.99. The second-order valence-electron chi connectivity index (χ2n) is 8.42. The topological polar surface area (TPSA) is 35.5 Å². The van der Waals surface area contributed by atoms with E-state index in [-0.39, 0.29) is 17.1 Å². The Hall–Kier alpha value is -3.55. The molecule has 0 N–H and O–H groups in total. The van der Waals surface area contributed by atoms with E-state index >= 15 is 0 Å². The fourth-order valence-corrected chi connectivity index (χ4v) is 7.18. The third-order valence-electron chi connectivity index (χ3n) is 6.12. The van der Waals surface area contributed by atoms with Crippen molar-refractivity contribution in [2.45, 2.75) is 32.3 Å². The molecule has 0 radical (unpaired) electrons. The van der Waals surface area contributed by atoms with Crippen molar-refractivity contribution in [1.82, 2.24) is 0 Å². The van der Waals surface area contributed by atoms with Gasteiger partial charge >= 0.3 is 5.97 Å². The lowest BCUT2D eigenvalue weighted by Crippen LogP contribution is -2.31. The maximum Gasteiger partial charge on any atom is 0.345 e. The second kappa shape index (κ2) is 8.42. The second-order valence-corrected chi connectivity index (χ2v) is 10.4. The first-order valence-corrected chi connectivity index (χ1v) is 12.3. The fourth-order valence-electron chi connectivity index (χ4n) is 4.62. The Labute approximate surface area is 196 Å². The Kier molecular flexibility index (Phi) is 5.44. The largest absolute Gasteiger partial charge is 0.481 e. The van der Waals surface area contributed by atoms with Gasteiger partial charge in [0.25, 0.3) is 0 Å². The van der Waals surface area contributed by atoms with Crippen LogP contribution in [0.15, 0.2) is 72.8 Å². The monoisotopic (exact) mass is 453 g/mol. The van der Waals surface area contributed by atoms with Crippen LogP contribution in [0.3, 0.4) is 0 Å². The van der Waals surface area contributed by atoms with Crippen LogP contribution in [0.1, 0.15) is 24.0 Å². The average Bonchev–Trinajstić information content (AvgIpc) is 3.41. The van der Waals surface area contributed by atoms with E-state index in [1.807, 2.05) is 19.9 Å². The van der Waals surface area contributed by atoms with E-state index in [9.17, 15) is 4.79 Å². The number of rotatable bonds is 5. The van der Waals surface area contributed by atoms with Gasteiger partial charge in [-0.2, -0.15) is 0 Å². The van der Waals surface area contributed by atoms with Gasteiger partial charge in [-0.05, 0) is 61.7 Å². The number of allylic oxidation sites excluding steroid dienone is 1. The van der Waals surface area contributed by atoms with Crippen molar-refractivity contribution in [2.24, 2.45) is 0 Å². The van der Waals surface area contributed by atoms with Gasteiger partial charge in [0.2, 0.25) is 0 Å². The number of thiophene rings is 1. The lowest BCUT2D eigenvalue weighted by atomic mass is 10.1. The average molecular weight is 454 g/mol. The minimum Gasteiger partial charge on any atom is -0.481 e. The molecule has 5 rings (SSSR count). The van der Waals surface area contributed by atoms with E-state index in [4.69, 9.17) is 15.9 Å². The molecule has 1 aliphatic rings. The van der Waals surface area contributed by atoms with Crippen molar-refractivity contribution in [1.29, 1.82) is 0 Å². The molecule has 3 nitrogen and oxygen atoms in total. The Bertz CT molecular complexity index is 1380. The van der Waals surface area contributed by atoms with Crippen LogP contribution in [0.25, 0.3) is 25.1 Å². The maximum atomic E-state index is 12.4. The van der Waals surface area contributed by atoms with Crippen molar-refractivity contribution in [2.75, 3.05) is 6.61 Å². The molecule has 33 heavy (non-hydrogen) atoms. The number of hydrogen-bond donors (Lipinski definition) is 0. The summed E-state index contributed by atoms with van der Waals surface area (Å²) in [6.45, 7) is 3.88. The number of esters is 1. The van der Waals surface area contributed by atoms with Gasteiger partial charge in [-0.1, -0.05) is 36.3 Å². The quantitative estimate of drug-likeness (QED) is 0.141. The number of hydrogen-bond acceptors (Lipinski definition) is 3. The van der Waals surface area contributed by atoms with Gasteiger partial charge in [-0.3, -0.25) is 0 Å². The number of aryl methyl sites for hydroxylation is 2. The van der Waals surface area contributed by atoms with E-state index in [0.717, 1.165) is 23.3 Å². The highest BCUT2D eigenvalue weighted by molar-refractivity contribution is 7.50. The van der Waals surface area contributed by atoms with E-state index in [0.29, 0.717) is 6.42 Å². The van der Waals surface area contributed by atoms with Crippen molar-refractivity contribution in [3.8, 4) is 23.0 Å². The molecule has 1 atom stereocenters. The van der Waals surface area contributed by atoms with Crippen LogP contribution < -0.4 is 4.74 Å². The fraction of sp³-hybridized carbons (Fsp3) is 0.207. The zero-order valence-corrected chi connectivity index (χ0v) is 19.6. The van der Waals surface area contributed by atoms with Crippen molar-refractivity contribution in [3.05, 3.63) is 83.9 Å². The van der Waals surface area contributed by atoms with Crippen LogP contribution in [0.4, 0.5) is 0 Å². The minimum absolute atomic E-state index is 0.169. The SMILES string of the molecule is C#CC1(OC(=O)COc2c(C)cc(-[s+]3c4ccccc4c4ccccc43)cc2C)C=CCC1. The number of benzene rings is 3. The smallest absolute Gasteiger partial charge is 0.345 e. The summed E-state index contributed by atoms with van der Waals surface area (Å²) in [5.74, 6) is 2.86. The molecule has 4 aromatic rings. The first-order chi connectivity index (χ1) is 16.0. The molecule has 1 heterocycles. The van der Waals surface area contributed by atoms with Crippen molar-refractivity contribution in [3.63, 3.8) is 0 Å². The molecule has 0 aliphatic heterocycles. The molecule has 4 heteroatoms. The Balaban J connectivity index is 1.45. The van der Waals surface area contributed by atoms with Gasteiger partial charge in [0.1, 0.15) is 5.75 Å². The van der Waals surface area contributed by atoms with Gasteiger partial charge in [0.15, 0.2) is 26.5 Å². The number of fused-ring (bicyclic) bond motifs is 3. The highest BCUT2D eigenvalue weighted by Gasteiger charge is 2.32. The van der Waals surface area contributed by atoms with Crippen LogP contribution in [0, 0.1) is 26.2 Å². The Morgan fingerprint density at radius 1 is 1.03 bits per heavy atom. The molecule has 3 aromatic carbocycles. The molecule has 164 valence electrons. The molecule has 1 unspecified atom stereocenters. The molecule has 0 spiro atoms. The van der Waals surface area contributed by atoms with E-state index in [2.05, 4.69) is 66.6 Å². The molecule has 1 aromatic heterocycles. The summed E-state index contributed by atoms with van der Waals surface area (Å²) in [7, 11) is -0.169. The molecular weight excluding hydrogens is 428 g/mol. The normalized spacial score (nSPS) is 17.4. The van der Waals surface area contributed by atoms with E-state index in [1.54, 1.807) is 6.08 Å². The van der Waals surface area contributed by atoms with Crippen LogP contribution in [0.2, 0.25) is 0 Å². The molecule has 1 aliphatic carbocycles. The van der Waals surface area contributed by atoms with Gasteiger partial charge in [0.05, 0.1) is 0 Å². The summed E-state index contributed by atoms with van der Waals surface area (Å²) < 4.78 is 14.2. The van der Waals surface area contributed by atoms with Gasteiger partial charge in [-0.15, -0.1) is 6.42 Å². The third-order valence-corrected chi connectivity index (χ3v) is 8.42. The summed E-state index contributed by atoms with van der Waals surface area (Å²) >= 11 is 0. The van der Waals surface area contributed by atoms with Crippen molar-refractivity contribution >= 4 is 36.6 Å². The number of carbonyl (C=O) groups is 1. The van der Waals surface area contributed by atoms with Crippen LogP contribution in [-0.2, 0) is 9.53 Å². The summed E-state index contributed by atoms with van der Waals surface area (Å²) in [6.07, 6.45) is 10.8. The summed E-state index contributed by atoms with van der Waals surface area (Å²) in [5.41, 5.74) is 1.07. The predicted molar refractivity (Wildman–Crippen MR) is 136 cm³/mol. The van der Waals surface area contributed by atoms with E-state index in [1.165, 1.54) is 25.1 Å². The molecular formula is C29H25O3S+. The highest BCUT2D eigenvalue weighted by Crippen LogP contribution is 2.49. The standard InChI is InChI=1S/C29H25O3S/c1-4-29(15-9-10-16-29)32-27(30)19-31-28-20(2)17-22(18-21(28)3)33-25-13-7-5-11-23(25)24-12-6-8-14-26(24)33/h1,5-9,11-15,17-18H,10,16,19H2,2-3H3/q+1. The number of carbonyl (C=O) groups excluding carboxylic acids is 1. The summed E-state index contributed by atoms with van der Waals surface area (Å²) in [5, 5.41) is 2.61. The zero-order valence-electron chi connectivity index (χ0n) is 18.8. The van der Waals surface area contributed by atoms with Crippen LogP contribution >= 0.6 is 10.5 Å².